The van der Waals surface area contributed by atoms with E-state index in [1.54, 1.807) is 16.7 Å². The van der Waals surface area contributed by atoms with Crippen molar-refractivity contribution in [2.24, 2.45) is 5.92 Å². The standard InChI is InChI=1S/C26H30N2O4S/c1-17-9-7-8-12-19(17)15-27-23(29)22-26(2,3)33-16-28(22)24(30)21-14-20(25(31)32-21)13-18-10-5-4-6-11-18/h4-12,20-22H,13-16H2,1-3H3,(H,27,29)/t20-,21+,22?/m1/s1. The van der Waals surface area contributed by atoms with Crippen molar-refractivity contribution < 1.29 is 19.1 Å². The molecule has 2 aliphatic heterocycles. The minimum Gasteiger partial charge on any atom is -0.452 e. The van der Waals surface area contributed by atoms with Gasteiger partial charge in [-0.05, 0) is 43.9 Å². The van der Waals surface area contributed by atoms with Gasteiger partial charge in [0.05, 0.1) is 11.8 Å². The van der Waals surface area contributed by atoms with Gasteiger partial charge < -0.3 is 15.0 Å². The third-order valence-corrected chi connectivity index (χ3v) is 7.86. The quantitative estimate of drug-likeness (QED) is 0.660. The average molecular weight is 467 g/mol. The third kappa shape index (κ3) is 5.08. The Morgan fingerprint density at radius 2 is 1.82 bits per heavy atom. The molecule has 7 heteroatoms. The van der Waals surface area contributed by atoms with Crippen LogP contribution in [0.5, 0.6) is 0 Å². The summed E-state index contributed by atoms with van der Waals surface area (Å²) in [7, 11) is 0. The van der Waals surface area contributed by atoms with Gasteiger partial charge in [-0.3, -0.25) is 14.4 Å². The number of carbonyl (C=O) groups is 3. The number of aryl methyl sites for hydroxylation is 1. The molecule has 174 valence electrons. The van der Waals surface area contributed by atoms with Gasteiger partial charge in [0, 0.05) is 17.7 Å². The number of rotatable bonds is 6. The Labute approximate surface area is 199 Å². The molecule has 1 N–H and O–H groups in total. The van der Waals surface area contributed by atoms with Crippen LogP contribution in [0, 0.1) is 12.8 Å². The molecule has 0 radical (unpaired) electrons. The zero-order chi connectivity index (χ0) is 23.6. The highest BCUT2D eigenvalue weighted by atomic mass is 32.2. The van der Waals surface area contributed by atoms with Gasteiger partial charge >= 0.3 is 5.97 Å². The average Bonchev–Trinajstić information content (AvgIpc) is 3.32. The van der Waals surface area contributed by atoms with E-state index in [1.165, 1.54) is 0 Å². The first kappa shape index (κ1) is 23.4. The number of cyclic esters (lactones) is 1. The lowest BCUT2D eigenvalue weighted by molar-refractivity contribution is -0.155. The minimum absolute atomic E-state index is 0.188. The van der Waals surface area contributed by atoms with E-state index in [4.69, 9.17) is 4.74 Å². The lowest BCUT2D eigenvalue weighted by Crippen LogP contribution is -2.55. The predicted molar refractivity (Wildman–Crippen MR) is 128 cm³/mol. The highest BCUT2D eigenvalue weighted by molar-refractivity contribution is 8.00. The van der Waals surface area contributed by atoms with E-state index in [0.29, 0.717) is 25.3 Å². The second kappa shape index (κ2) is 9.59. The van der Waals surface area contributed by atoms with E-state index in [1.807, 2.05) is 75.4 Å². The van der Waals surface area contributed by atoms with Crippen molar-refractivity contribution in [3.63, 3.8) is 0 Å². The third-order valence-electron chi connectivity index (χ3n) is 6.48. The lowest BCUT2D eigenvalue weighted by atomic mass is 9.95. The molecule has 2 aliphatic rings. The summed E-state index contributed by atoms with van der Waals surface area (Å²) in [6.07, 6.45) is 0.0443. The summed E-state index contributed by atoms with van der Waals surface area (Å²) in [6.45, 7) is 6.36. The lowest BCUT2D eigenvalue weighted by Gasteiger charge is -2.31. The van der Waals surface area contributed by atoms with Crippen LogP contribution in [0.1, 0.15) is 37.0 Å². The molecule has 2 heterocycles. The van der Waals surface area contributed by atoms with Crippen LogP contribution in [-0.2, 0) is 32.1 Å². The summed E-state index contributed by atoms with van der Waals surface area (Å²) < 4.78 is 5.04. The number of nitrogens with one attached hydrogen (secondary N) is 1. The summed E-state index contributed by atoms with van der Waals surface area (Å²) in [5.74, 6) is -0.771. The number of carbonyl (C=O) groups excluding carboxylic acids is 3. The summed E-state index contributed by atoms with van der Waals surface area (Å²) in [5.41, 5.74) is 3.19. The van der Waals surface area contributed by atoms with Gasteiger partial charge in [0.1, 0.15) is 6.04 Å². The second-order valence-electron chi connectivity index (χ2n) is 9.28. The topological polar surface area (TPSA) is 75.7 Å². The van der Waals surface area contributed by atoms with Crippen molar-refractivity contribution in [3.8, 4) is 0 Å². The zero-order valence-corrected chi connectivity index (χ0v) is 20.1. The monoisotopic (exact) mass is 466 g/mol. The Balaban J connectivity index is 1.43. The molecule has 2 aromatic carbocycles. The van der Waals surface area contributed by atoms with Gasteiger partial charge in [0.2, 0.25) is 5.91 Å². The highest BCUT2D eigenvalue weighted by Crippen LogP contribution is 2.40. The van der Waals surface area contributed by atoms with Gasteiger partial charge in [-0.2, -0.15) is 0 Å². The van der Waals surface area contributed by atoms with Crippen LogP contribution in [0.25, 0.3) is 0 Å². The van der Waals surface area contributed by atoms with E-state index in [2.05, 4.69) is 5.32 Å². The first-order chi connectivity index (χ1) is 15.8. The van der Waals surface area contributed by atoms with Gasteiger partial charge in [-0.15, -0.1) is 11.8 Å². The normalized spacial score (nSPS) is 23.9. The summed E-state index contributed by atoms with van der Waals surface area (Å²) in [6, 6.07) is 17.0. The van der Waals surface area contributed by atoms with Crippen LogP contribution < -0.4 is 5.32 Å². The molecule has 33 heavy (non-hydrogen) atoms. The Hall–Kier alpha value is -2.80. The molecule has 4 rings (SSSR count). The Morgan fingerprint density at radius 3 is 2.55 bits per heavy atom. The number of thioether (sulfide) groups is 1. The van der Waals surface area contributed by atoms with Crippen LogP contribution in [0.15, 0.2) is 54.6 Å². The molecule has 1 unspecified atom stereocenters. The van der Waals surface area contributed by atoms with Crippen molar-refractivity contribution in [2.45, 2.75) is 57.1 Å². The molecule has 3 atom stereocenters. The van der Waals surface area contributed by atoms with Crippen molar-refractivity contribution in [1.29, 1.82) is 0 Å². The van der Waals surface area contributed by atoms with Crippen molar-refractivity contribution in [3.05, 3.63) is 71.3 Å². The predicted octanol–water partition coefficient (Wildman–Crippen LogP) is 3.47. The molecular weight excluding hydrogens is 436 g/mol. The molecule has 0 aliphatic carbocycles. The fraction of sp³-hybridized carbons (Fsp3) is 0.423. The largest absolute Gasteiger partial charge is 0.452 e. The van der Waals surface area contributed by atoms with Crippen molar-refractivity contribution in [1.82, 2.24) is 10.2 Å². The smallest absolute Gasteiger partial charge is 0.310 e. The maximum atomic E-state index is 13.4. The molecule has 0 bridgehead atoms. The van der Waals surface area contributed by atoms with Gasteiger partial charge in [-0.1, -0.05) is 54.6 Å². The second-order valence-corrected chi connectivity index (χ2v) is 10.9. The van der Waals surface area contributed by atoms with E-state index in [9.17, 15) is 14.4 Å². The van der Waals surface area contributed by atoms with Crippen molar-refractivity contribution in [2.75, 3.05) is 5.88 Å². The SMILES string of the molecule is Cc1ccccc1CNC(=O)C1N(C(=O)[C@@H]2C[C@@H](Cc3ccccc3)C(=O)O2)CSC1(C)C. The minimum atomic E-state index is -0.840. The van der Waals surface area contributed by atoms with Crippen LogP contribution in [0.2, 0.25) is 0 Å². The van der Waals surface area contributed by atoms with Crippen LogP contribution in [-0.4, -0.2) is 45.5 Å². The zero-order valence-electron chi connectivity index (χ0n) is 19.2. The van der Waals surface area contributed by atoms with Crippen molar-refractivity contribution >= 4 is 29.5 Å². The van der Waals surface area contributed by atoms with Gasteiger partial charge in [0.25, 0.3) is 5.91 Å². The number of amides is 2. The van der Waals surface area contributed by atoms with E-state index in [-0.39, 0.29) is 23.7 Å². The highest BCUT2D eigenvalue weighted by Gasteiger charge is 2.51. The van der Waals surface area contributed by atoms with E-state index in [0.717, 1.165) is 16.7 Å². The van der Waals surface area contributed by atoms with Gasteiger partial charge in [0.15, 0.2) is 6.10 Å². The van der Waals surface area contributed by atoms with Gasteiger partial charge in [-0.25, -0.2) is 0 Å². The number of nitrogens with zero attached hydrogens (tertiary/aromatic N) is 1. The molecule has 6 nitrogen and oxygen atoms in total. The molecule has 2 amide bonds. The molecule has 0 saturated carbocycles. The number of benzene rings is 2. The first-order valence-electron chi connectivity index (χ1n) is 11.3. The van der Waals surface area contributed by atoms with Crippen LogP contribution in [0.3, 0.4) is 0 Å². The fourth-order valence-corrected chi connectivity index (χ4v) is 5.68. The molecule has 0 aromatic heterocycles. The maximum absolute atomic E-state index is 13.4. The number of esters is 1. The molecule has 2 saturated heterocycles. The van der Waals surface area contributed by atoms with E-state index < -0.39 is 16.9 Å². The first-order valence-corrected chi connectivity index (χ1v) is 12.3. The van der Waals surface area contributed by atoms with Crippen LogP contribution in [0.4, 0.5) is 0 Å². The van der Waals surface area contributed by atoms with Crippen LogP contribution >= 0.6 is 11.8 Å². The number of hydrogen-bond donors (Lipinski definition) is 1. The Bertz CT molecular complexity index is 1040. The molecule has 0 spiro atoms. The number of ether oxygens (including phenoxy) is 1. The summed E-state index contributed by atoms with van der Waals surface area (Å²) >= 11 is 1.56. The Kier molecular flexibility index (Phi) is 6.79. The molecular formula is C26H30N2O4S. The maximum Gasteiger partial charge on any atom is 0.310 e. The fourth-order valence-electron chi connectivity index (χ4n) is 4.54. The Morgan fingerprint density at radius 1 is 1.12 bits per heavy atom. The summed E-state index contributed by atoms with van der Waals surface area (Å²) in [5, 5.41) is 3.01. The summed E-state index contributed by atoms with van der Waals surface area (Å²) in [4.78, 5) is 40.6. The molecule has 2 aromatic rings. The molecule has 2 fully saturated rings. The van der Waals surface area contributed by atoms with E-state index >= 15 is 0 Å². The number of hydrogen-bond acceptors (Lipinski definition) is 5.